The second kappa shape index (κ2) is 14.1. The molecule has 0 spiro atoms. The van der Waals surface area contributed by atoms with Gasteiger partial charge in [-0.15, -0.1) is 0 Å². The highest BCUT2D eigenvalue weighted by molar-refractivity contribution is 5.77. The lowest BCUT2D eigenvalue weighted by Crippen LogP contribution is -2.37. The maximum Gasteiger partial charge on any atom is 0.240 e. The molecule has 1 aliphatic heterocycles. The van der Waals surface area contributed by atoms with Crippen LogP contribution in [0.2, 0.25) is 0 Å². The molecule has 0 aliphatic carbocycles. The zero-order chi connectivity index (χ0) is 25.0. The van der Waals surface area contributed by atoms with E-state index in [1.165, 1.54) is 0 Å². The summed E-state index contributed by atoms with van der Waals surface area (Å²) in [6.07, 6.45) is 1.47. The maximum absolute atomic E-state index is 5.71. The van der Waals surface area contributed by atoms with Gasteiger partial charge in [-0.25, -0.2) is 10.9 Å². The van der Waals surface area contributed by atoms with E-state index >= 15 is 0 Å². The summed E-state index contributed by atoms with van der Waals surface area (Å²) < 4.78 is 24.0. The van der Waals surface area contributed by atoms with Gasteiger partial charge in [0.05, 0.1) is 63.9 Å². The number of anilines is 1. The summed E-state index contributed by atoms with van der Waals surface area (Å²) in [4.78, 5) is 25.6. The van der Waals surface area contributed by atoms with Crippen LogP contribution in [0.1, 0.15) is 18.1 Å². The molecule has 12 nitrogen and oxygen atoms in total. The van der Waals surface area contributed by atoms with Gasteiger partial charge in [0.1, 0.15) is 11.6 Å². The van der Waals surface area contributed by atoms with Crippen molar-refractivity contribution >= 4 is 17.0 Å². The van der Waals surface area contributed by atoms with Gasteiger partial charge >= 0.3 is 0 Å². The number of nitrogens with two attached hydrogens (primary N) is 1. The third kappa shape index (κ3) is 7.38. The Morgan fingerprint density at radius 2 is 1.50 bits per heavy atom. The number of nitrogens with zero attached hydrogens (tertiary/aromatic N) is 6. The third-order valence-corrected chi connectivity index (χ3v) is 5.66. The number of benzene rings is 1. The summed E-state index contributed by atoms with van der Waals surface area (Å²) in [6, 6.07) is 8.00. The van der Waals surface area contributed by atoms with Crippen LogP contribution in [0.5, 0.6) is 0 Å². The molecule has 196 valence electrons. The highest BCUT2D eigenvalue weighted by Gasteiger charge is 2.19. The molecule has 3 aromatic rings. The molecule has 1 aromatic carbocycles. The molecular weight excluding hydrogens is 466 g/mol. The SMILES string of the molecule is Cc1nc2ccccc2n1-c1nc(CCCOCCOCCOCCON)nc(N2CCOCC2)n1. The summed E-state index contributed by atoms with van der Waals surface area (Å²) in [6.45, 7) is 8.26. The fraction of sp³-hybridized carbons (Fsp3) is 0.583. The van der Waals surface area contributed by atoms with Crippen LogP contribution < -0.4 is 10.8 Å². The molecule has 1 saturated heterocycles. The van der Waals surface area contributed by atoms with Gasteiger partial charge in [-0.05, 0) is 25.5 Å². The molecule has 0 saturated carbocycles. The van der Waals surface area contributed by atoms with Crippen molar-refractivity contribution in [1.82, 2.24) is 24.5 Å². The maximum atomic E-state index is 5.71. The van der Waals surface area contributed by atoms with Crippen molar-refractivity contribution in [3.8, 4) is 5.95 Å². The van der Waals surface area contributed by atoms with Gasteiger partial charge in [0.25, 0.3) is 0 Å². The van der Waals surface area contributed by atoms with E-state index in [0.717, 1.165) is 42.2 Å². The van der Waals surface area contributed by atoms with Gasteiger partial charge in [-0.3, -0.25) is 4.57 Å². The van der Waals surface area contributed by atoms with Gasteiger partial charge < -0.3 is 28.7 Å². The first-order chi connectivity index (χ1) is 17.8. The molecule has 4 rings (SSSR count). The quantitative estimate of drug-likeness (QED) is 0.238. The van der Waals surface area contributed by atoms with Crippen LogP contribution >= 0.6 is 0 Å². The molecule has 0 atom stereocenters. The summed E-state index contributed by atoms with van der Waals surface area (Å²) in [5, 5.41) is 0. The van der Waals surface area contributed by atoms with Crippen LogP contribution in [0.3, 0.4) is 0 Å². The Morgan fingerprint density at radius 1 is 0.833 bits per heavy atom. The van der Waals surface area contributed by atoms with Gasteiger partial charge in [-0.1, -0.05) is 12.1 Å². The Bertz CT molecular complexity index is 1070. The minimum atomic E-state index is 0.373. The van der Waals surface area contributed by atoms with Crippen LogP contribution in [-0.4, -0.2) is 97.1 Å². The van der Waals surface area contributed by atoms with E-state index in [0.29, 0.717) is 77.8 Å². The second-order valence-electron chi connectivity index (χ2n) is 8.25. The molecule has 0 radical (unpaired) electrons. The zero-order valence-electron chi connectivity index (χ0n) is 20.8. The molecule has 1 fully saturated rings. The molecule has 0 bridgehead atoms. The van der Waals surface area contributed by atoms with Gasteiger partial charge in [0.2, 0.25) is 11.9 Å². The first-order valence-corrected chi connectivity index (χ1v) is 12.3. The van der Waals surface area contributed by atoms with Crippen molar-refractivity contribution in [3.63, 3.8) is 0 Å². The fourth-order valence-electron chi connectivity index (χ4n) is 3.89. The molecule has 3 heterocycles. The first kappa shape index (κ1) is 26.3. The van der Waals surface area contributed by atoms with Crippen molar-refractivity contribution in [2.75, 3.05) is 77.5 Å². The normalized spacial score (nSPS) is 14.1. The third-order valence-electron chi connectivity index (χ3n) is 5.66. The standard InChI is InChI=1S/C24H35N7O5/c1-19-26-20-5-2-3-6-21(20)31(19)24-28-22(27-23(29-24)30-8-11-33-12-9-30)7-4-10-32-13-14-34-15-16-35-17-18-36-25/h2-3,5-6H,4,7-18,25H2,1H3. The topological polar surface area (TPSA) is 132 Å². The lowest BCUT2D eigenvalue weighted by molar-refractivity contribution is -0.00223. The summed E-state index contributed by atoms with van der Waals surface area (Å²) in [7, 11) is 0. The fourth-order valence-corrected chi connectivity index (χ4v) is 3.89. The smallest absolute Gasteiger partial charge is 0.240 e. The van der Waals surface area contributed by atoms with Crippen molar-refractivity contribution in [1.29, 1.82) is 0 Å². The molecule has 2 aromatic heterocycles. The van der Waals surface area contributed by atoms with E-state index in [9.17, 15) is 0 Å². The number of hydrogen-bond donors (Lipinski definition) is 1. The lowest BCUT2D eigenvalue weighted by atomic mass is 10.3. The number of hydrogen-bond acceptors (Lipinski definition) is 11. The van der Waals surface area contributed by atoms with E-state index in [4.69, 9.17) is 39.8 Å². The van der Waals surface area contributed by atoms with Crippen molar-refractivity contribution in [3.05, 3.63) is 35.9 Å². The van der Waals surface area contributed by atoms with Crippen LogP contribution in [0.25, 0.3) is 17.0 Å². The number of morpholine rings is 1. The highest BCUT2D eigenvalue weighted by atomic mass is 16.6. The molecule has 0 unspecified atom stereocenters. The number of aryl methyl sites for hydroxylation is 2. The Balaban J connectivity index is 1.33. The number of fused-ring (bicyclic) bond motifs is 1. The minimum Gasteiger partial charge on any atom is -0.379 e. The zero-order valence-corrected chi connectivity index (χ0v) is 20.8. The van der Waals surface area contributed by atoms with Crippen LogP contribution in [-0.2, 0) is 30.2 Å². The number of rotatable bonds is 15. The van der Waals surface area contributed by atoms with E-state index in [-0.39, 0.29) is 0 Å². The van der Waals surface area contributed by atoms with E-state index in [1.54, 1.807) is 0 Å². The molecule has 36 heavy (non-hydrogen) atoms. The summed E-state index contributed by atoms with van der Waals surface area (Å²) in [5.41, 5.74) is 1.89. The predicted octanol–water partition coefficient (Wildman–Crippen LogP) is 1.23. The van der Waals surface area contributed by atoms with Crippen LogP contribution in [0, 0.1) is 6.92 Å². The van der Waals surface area contributed by atoms with Crippen molar-refractivity contribution in [2.45, 2.75) is 19.8 Å². The summed E-state index contributed by atoms with van der Waals surface area (Å²) in [5.74, 6) is 7.76. The number of aromatic nitrogens is 5. The van der Waals surface area contributed by atoms with Crippen molar-refractivity contribution in [2.24, 2.45) is 5.90 Å². The van der Waals surface area contributed by atoms with E-state index in [2.05, 4.69) is 14.7 Å². The summed E-state index contributed by atoms with van der Waals surface area (Å²) >= 11 is 0. The number of para-hydroxylation sites is 2. The average molecular weight is 502 g/mol. The van der Waals surface area contributed by atoms with E-state index < -0.39 is 0 Å². The van der Waals surface area contributed by atoms with Gasteiger partial charge in [-0.2, -0.15) is 15.0 Å². The minimum absolute atomic E-state index is 0.373. The Morgan fingerprint density at radius 3 is 2.25 bits per heavy atom. The number of imidazole rings is 1. The molecule has 1 aliphatic rings. The predicted molar refractivity (Wildman–Crippen MR) is 133 cm³/mol. The molecule has 12 heteroatoms. The second-order valence-corrected chi connectivity index (χ2v) is 8.25. The lowest BCUT2D eigenvalue weighted by Gasteiger charge is -2.27. The van der Waals surface area contributed by atoms with Crippen molar-refractivity contribution < 1.29 is 23.8 Å². The Kier molecular flexibility index (Phi) is 10.3. The monoisotopic (exact) mass is 501 g/mol. The first-order valence-electron chi connectivity index (χ1n) is 12.3. The highest BCUT2D eigenvalue weighted by Crippen LogP contribution is 2.21. The van der Waals surface area contributed by atoms with Gasteiger partial charge in [0, 0.05) is 26.1 Å². The number of ether oxygens (including phenoxy) is 4. The molecule has 2 N–H and O–H groups in total. The largest absolute Gasteiger partial charge is 0.379 e. The molecule has 0 amide bonds. The van der Waals surface area contributed by atoms with Crippen LogP contribution in [0.4, 0.5) is 5.95 Å². The Hall–Kier alpha value is -2.74. The van der Waals surface area contributed by atoms with Gasteiger partial charge in [0.15, 0.2) is 0 Å². The van der Waals surface area contributed by atoms with Crippen LogP contribution in [0.15, 0.2) is 24.3 Å². The molecular formula is C24H35N7O5. The van der Waals surface area contributed by atoms with E-state index in [1.807, 2.05) is 35.8 Å². The Labute approximate surface area is 210 Å². The average Bonchev–Trinajstić information content (AvgIpc) is 3.25.